The van der Waals surface area contributed by atoms with Crippen LogP contribution in [-0.4, -0.2) is 124 Å². The Morgan fingerprint density at radius 2 is 1.84 bits per heavy atom. The van der Waals surface area contributed by atoms with Gasteiger partial charge in [-0.2, -0.15) is 0 Å². The van der Waals surface area contributed by atoms with Crippen LogP contribution < -0.4 is 0 Å². The molecule has 278 valence electrons. The van der Waals surface area contributed by atoms with E-state index in [2.05, 4.69) is 4.90 Å². The van der Waals surface area contributed by atoms with Crippen LogP contribution in [0.1, 0.15) is 87.5 Å². The molecule has 0 bridgehead atoms. The highest BCUT2D eigenvalue weighted by Gasteiger charge is 2.58. The third-order valence-electron chi connectivity index (χ3n) is 10.4. The number of piperazine rings is 1. The number of likely N-dealkylation sites (N-methyl/N-ethyl adjacent to an activating group) is 1. The highest BCUT2D eigenvalue weighted by atomic mass is 16.6. The highest BCUT2D eigenvalue weighted by Crippen LogP contribution is 2.48. The average Bonchev–Trinajstić information content (AvgIpc) is 3.67. The first-order valence-corrected chi connectivity index (χ1v) is 17.6. The zero-order valence-electron chi connectivity index (χ0n) is 30.9. The number of nitrogens with zero attached hydrogens (tertiary/aromatic N) is 2. The van der Waals surface area contributed by atoms with Crippen LogP contribution in [-0.2, 0) is 28.5 Å². The lowest BCUT2D eigenvalue weighted by Crippen LogP contribution is -2.51. The maximum Gasteiger partial charge on any atom is 0.410 e. The highest BCUT2D eigenvalue weighted by molar-refractivity contribution is 5.71. The Labute approximate surface area is 292 Å². The van der Waals surface area contributed by atoms with E-state index in [4.69, 9.17) is 18.9 Å². The molecule has 0 saturated carbocycles. The Kier molecular flexibility index (Phi) is 14.1. The SMILES string of the molecule is CC[C@H](O)[C@@H](C)C1(C)O[C@@H]1C[C@@](C)(O)/C=C/C=C(\C)[C@H]1OC(=O)C[C@H](O)CC[C@@](C)(OC(C)=O)[C@@H](OC(=O)N2CCN(C)CC2)/C=C/[C@@H]1C. The number of hydrogen-bond donors (Lipinski definition) is 3. The van der Waals surface area contributed by atoms with Crippen LogP contribution in [0.25, 0.3) is 0 Å². The van der Waals surface area contributed by atoms with E-state index in [0.717, 1.165) is 0 Å². The number of ether oxygens (including phenoxy) is 4. The Balaban J connectivity index is 1.83. The zero-order chi connectivity index (χ0) is 36.7. The zero-order valence-corrected chi connectivity index (χ0v) is 30.9. The van der Waals surface area contributed by atoms with E-state index < -0.39 is 65.2 Å². The van der Waals surface area contributed by atoms with E-state index in [9.17, 15) is 29.7 Å². The van der Waals surface area contributed by atoms with Gasteiger partial charge in [-0.1, -0.05) is 45.1 Å². The summed E-state index contributed by atoms with van der Waals surface area (Å²) in [5, 5.41) is 32.2. The minimum absolute atomic E-state index is 0.0740. The van der Waals surface area contributed by atoms with Crippen LogP contribution in [0.4, 0.5) is 4.79 Å². The lowest BCUT2D eigenvalue weighted by molar-refractivity contribution is -0.168. The van der Waals surface area contributed by atoms with Crippen LogP contribution in [0.5, 0.6) is 0 Å². The molecule has 2 saturated heterocycles. The fraction of sp³-hybridized carbons (Fsp3) is 0.757. The largest absolute Gasteiger partial charge is 0.457 e. The maximum atomic E-state index is 13.3. The van der Waals surface area contributed by atoms with Crippen molar-refractivity contribution in [1.29, 1.82) is 0 Å². The Bertz CT molecular complexity index is 1240. The Hall–Kier alpha value is -2.77. The number of carbonyl (C=O) groups excluding carboxylic acids is 3. The molecule has 3 rings (SSSR count). The Morgan fingerprint density at radius 3 is 2.45 bits per heavy atom. The minimum Gasteiger partial charge on any atom is -0.457 e. The van der Waals surface area contributed by atoms with Crippen LogP contribution in [0, 0.1) is 11.8 Å². The van der Waals surface area contributed by atoms with Gasteiger partial charge >= 0.3 is 18.0 Å². The van der Waals surface area contributed by atoms with Gasteiger partial charge in [-0.25, -0.2) is 4.79 Å². The number of aliphatic hydroxyl groups excluding tert-OH is 2. The van der Waals surface area contributed by atoms with Gasteiger partial charge in [-0.3, -0.25) is 9.59 Å². The molecule has 0 radical (unpaired) electrons. The van der Waals surface area contributed by atoms with Gasteiger partial charge in [0.2, 0.25) is 0 Å². The second-order valence-electron chi connectivity index (χ2n) is 14.9. The third-order valence-corrected chi connectivity index (χ3v) is 10.4. The van der Waals surface area contributed by atoms with Crippen LogP contribution in [0.2, 0.25) is 0 Å². The molecule has 0 aromatic carbocycles. The van der Waals surface area contributed by atoms with E-state index in [1.807, 2.05) is 41.7 Å². The molecule has 3 heterocycles. The molecule has 1 unspecified atom stereocenters. The van der Waals surface area contributed by atoms with Crippen LogP contribution in [0.3, 0.4) is 0 Å². The maximum absolute atomic E-state index is 13.3. The normalized spacial score (nSPS) is 35.3. The van der Waals surface area contributed by atoms with Crippen molar-refractivity contribution in [2.75, 3.05) is 33.2 Å². The van der Waals surface area contributed by atoms with Gasteiger partial charge < -0.3 is 44.1 Å². The molecular formula is C37H60N2O10. The molecule has 0 spiro atoms. The number of hydrogen-bond acceptors (Lipinski definition) is 11. The van der Waals surface area contributed by atoms with Gasteiger partial charge in [0.25, 0.3) is 0 Å². The monoisotopic (exact) mass is 692 g/mol. The van der Waals surface area contributed by atoms with Crippen molar-refractivity contribution < 1.29 is 48.7 Å². The summed E-state index contributed by atoms with van der Waals surface area (Å²) in [4.78, 5) is 42.3. The molecule has 12 nitrogen and oxygen atoms in total. The van der Waals surface area contributed by atoms with Crippen molar-refractivity contribution in [1.82, 2.24) is 9.80 Å². The number of esters is 2. The fourth-order valence-corrected chi connectivity index (χ4v) is 6.65. The predicted octanol–water partition coefficient (Wildman–Crippen LogP) is 3.92. The molecule has 2 fully saturated rings. The predicted molar refractivity (Wildman–Crippen MR) is 184 cm³/mol. The molecular weight excluding hydrogens is 632 g/mol. The van der Waals surface area contributed by atoms with Crippen molar-refractivity contribution in [3.8, 4) is 0 Å². The smallest absolute Gasteiger partial charge is 0.410 e. The van der Waals surface area contributed by atoms with Gasteiger partial charge in [0, 0.05) is 51.4 Å². The third kappa shape index (κ3) is 11.4. The van der Waals surface area contributed by atoms with Crippen molar-refractivity contribution in [3.05, 3.63) is 36.0 Å². The van der Waals surface area contributed by atoms with E-state index in [-0.39, 0.29) is 31.3 Å². The standard InChI is InChI=1S/C37H60N2O10/c1-10-29(42)26(4)37(8)31(49-37)23-35(6,45)16-11-12-24(2)33-25(3)13-14-30(46-34(44)39-20-18-38(9)19-21-39)36(7,48-27(5)40)17-15-28(41)22-32(43)47-33/h11-14,16,25-26,28-31,33,41-42,45H,10,15,17-23H2,1-9H3/b14-13+,16-11+,24-12+/t25-,26+,28+,29-,30-,31+,33+,35-,36+,37?/m0/s1. The minimum atomic E-state index is -1.31. The second kappa shape index (κ2) is 17.0. The summed E-state index contributed by atoms with van der Waals surface area (Å²) in [7, 11) is 1.99. The molecule has 0 aromatic rings. The van der Waals surface area contributed by atoms with Crippen LogP contribution >= 0.6 is 0 Å². The summed E-state index contributed by atoms with van der Waals surface area (Å²) < 4.78 is 23.6. The van der Waals surface area contributed by atoms with Crippen molar-refractivity contribution in [3.63, 3.8) is 0 Å². The topological polar surface area (TPSA) is 159 Å². The summed E-state index contributed by atoms with van der Waals surface area (Å²) >= 11 is 0. The lowest BCUT2D eigenvalue weighted by Gasteiger charge is -2.38. The summed E-state index contributed by atoms with van der Waals surface area (Å²) in [6.45, 7) is 16.6. The number of carbonyl (C=O) groups is 3. The molecule has 3 N–H and O–H groups in total. The lowest BCUT2D eigenvalue weighted by atomic mass is 9.83. The van der Waals surface area contributed by atoms with E-state index in [1.165, 1.54) is 6.92 Å². The van der Waals surface area contributed by atoms with Gasteiger partial charge in [-0.15, -0.1) is 0 Å². The summed E-state index contributed by atoms with van der Waals surface area (Å²) in [6, 6.07) is 0. The summed E-state index contributed by atoms with van der Waals surface area (Å²) in [5.74, 6) is -1.63. The van der Waals surface area contributed by atoms with Gasteiger partial charge in [0.15, 0.2) is 6.10 Å². The number of cyclic esters (lactones) is 1. The Morgan fingerprint density at radius 1 is 1.18 bits per heavy atom. The second-order valence-corrected chi connectivity index (χ2v) is 14.9. The van der Waals surface area contributed by atoms with Gasteiger partial charge in [-0.05, 0) is 65.7 Å². The van der Waals surface area contributed by atoms with Gasteiger partial charge in [0.05, 0.1) is 35.9 Å². The molecule has 3 aliphatic heterocycles. The van der Waals surface area contributed by atoms with E-state index in [1.54, 1.807) is 49.1 Å². The number of amides is 1. The van der Waals surface area contributed by atoms with Crippen molar-refractivity contribution in [2.45, 2.75) is 135 Å². The molecule has 0 aromatic heterocycles. The van der Waals surface area contributed by atoms with Crippen molar-refractivity contribution in [2.24, 2.45) is 11.8 Å². The van der Waals surface area contributed by atoms with E-state index >= 15 is 0 Å². The number of aliphatic hydroxyl groups is 3. The molecule has 12 heteroatoms. The van der Waals surface area contributed by atoms with Crippen LogP contribution in [0.15, 0.2) is 36.0 Å². The number of rotatable bonds is 10. The fourth-order valence-electron chi connectivity index (χ4n) is 6.65. The molecule has 10 atom stereocenters. The summed E-state index contributed by atoms with van der Waals surface area (Å²) in [6.07, 6.45) is 5.54. The quantitative estimate of drug-likeness (QED) is 0.100. The van der Waals surface area contributed by atoms with E-state index in [0.29, 0.717) is 44.6 Å². The average molecular weight is 693 g/mol. The molecule has 3 aliphatic rings. The summed E-state index contributed by atoms with van der Waals surface area (Å²) in [5.41, 5.74) is -2.33. The first-order valence-electron chi connectivity index (χ1n) is 17.6. The first kappa shape index (κ1) is 40.7. The molecule has 1 amide bonds. The van der Waals surface area contributed by atoms with Crippen molar-refractivity contribution >= 4 is 18.0 Å². The number of allylic oxidation sites excluding steroid dienone is 2. The van der Waals surface area contributed by atoms with Gasteiger partial charge in [0.1, 0.15) is 11.7 Å². The first-order chi connectivity index (χ1) is 22.8. The molecule has 0 aliphatic carbocycles. The molecule has 49 heavy (non-hydrogen) atoms. The number of epoxide rings is 1.